The summed E-state index contributed by atoms with van der Waals surface area (Å²) in [5.74, 6) is 0. The van der Waals surface area contributed by atoms with Crippen LogP contribution in [-0.4, -0.2) is 0 Å². The van der Waals surface area contributed by atoms with Gasteiger partial charge >= 0.3 is 0 Å². The topological polar surface area (TPSA) is 0 Å². The van der Waals surface area contributed by atoms with Crippen molar-refractivity contribution < 1.29 is 0 Å². The van der Waals surface area contributed by atoms with Gasteiger partial charge in [-0.25, -0.2) is 0 Å². The highest BCUT2D eigenvalue weighted by molar-refractivity contribution is 7.72. The summed E-state index contributed by atoms with van der Waals surface area (Å²) in [5.41, 5.74) is 1.40. The quantitative estimate of drug-likeness (QED) is 0.436. The maximum atomic E-state index is 2.31. The molecule has 0 aromatic heterocycles. The van der Waals surface area contributed by atoms with Crippen LogP contribution < -0.4 is 10.6 Å². The predicted octanol–water partition coefficient (Wildman–Crippen LogP) is 5.47. The number of rotatable bonds is 4. The van der Waals surface area contributed by atoms with E-state index in [9.17, 15) is 0 Å². The molecule has 1 unspecified atom stereocenters. The summed E-state index contributed by atoms with van der Waals surface area (Å²) in [6.07, 6.45) is 1.08. The van der Waals surface area contributed by atoms with E-state index in [0.717, 1.165) is 6.16 Å². The number of benzene rings is 4. The summed E-state index contributed by atoms with van der Waals surface area (Å²) in [4.78, 5) is 0. The molecule has 0 radical (unpaired) electrons. The fraction of sp³-hybridized carbons (Fsp3) is 0.0435. The third-order valence-corrected chi connectivity index (χ3v) is 6.88. The molecule has 0 heterocycles. The Hall–Kier alpha value is -2.43. The molecule has 4 aromatic rings. The fourth-order valence-corrected chi connectivity index (χ4v) is 5.63. The van der Waals surface area contributed by atoms with Crippen LogP contribution in [0.4, 0.5) is 0 Å². The van der Waals surface area contributed by atoms with E-state index in [0.29, 0.717) is 0 Å². The third kappa shape index (κ3) is 3.11. The normalized spacial score (nSPS) is 12.2. The van der Waals surface area contributed by atoms with E-state index in [-0.39, 0.29) is 0 Å². The molecule has 0 aliphatic heterocycles. The minimum absolute atomic E-state index is 0.427. The molecule has 24 heavy (non-hydrogen) atoms. The van der Waals surface area contributed by atoms with Crippen molar-refractivity contribution in [3.8, 4) is 0 Å². The molecule has 0 saturated heterocycles. The molecule has 0 aliphatic carbocycles. The van der Waals surface area contributed by atoms with Gasteiger partial charge < -0.3 is 0 Å². The molecule has 0 aliphatic rings. The maximum Gasteiger partial charge on any atom is 0.000764 e. The van der Waals surface area contributed by atoms with Gasteiger partial charge in [-0.2, -0.15) is 0 Å². The van der Waals surface area contributed by atoms with Gasteiger partial charge in [0.2, 0.25) is 0 Å². The van der Waals surface area contributed by atoms with Crippen LogP contribution in [0.2, 0.25) is 0 Å². The Balaban J connectivity index is 1.86. The summed E-state index contributed by atoms with van der Waals surface area (Å²) in [6, 6.07) is 37.2. The number of hydrogen-bond acceptors (Lipinski definition) is 0. The van der Waals surface area contributed by atoms with Gasteiger partial charge in [-0.15, -0.1) is 0 Å². The lowest BCUT2D eigenvalue weighted by Crippen LogP contribution is -2.14. The molecule has 0 amide bonds. The van der Waals surface area contributed by atoms with Crippen LogP contribution in [0.15, 0.2) is 103 Å². The van der Waals surface area contributed by atoms with E-state index in [4.69, 9.17) is 0 Å². The van der Waals surface area contributed by atoms with Crippen LogP contribution >= 0.6 is 7.92 Å². The predicted molar refractivity (Wildman–Crippen MR) is 107 cm³/mol. The zero-order valence-electron chi connectivity index (χ0n) is 13.5. The van der Waals surface area contributed by atoms with Crippen LogP contribution in [0.1, 0.15) is 5.56 Å². The standard InChI is InChI=1S/C23H19P/c1-3-10-19(11-4-1)18-24(21-14-5-2-6-15-21)23-17-9-13-20-12-7-8-16-22(20)23/h1-17H,18H2. The Kier molecular flexibility index (Phi) is 4.40. The highest BCUT2D eigenvalue weighted by Crippen LogP contribution is 2.39. The van der Waals surface area contributed by atoms with E-state index in [1.807, 2.05) is 0 Å². The molecule has 0 spiro atoms. The number of hydrogen-bond donors (Lipinski definition) is 0. The Bertz CT molecular complexity index is 924. The molecule has 1 atom stereocenters. The van der Waals surface area contributed by atoms with Crippen LogP contribution in [0.3, 0.4) is 0 Å². The summed E-state index contributed by atoms with van der Waals surface area (Å²) in [5, 5.41) is 5.61. The van der Waals surface area contributed by atoms with Crippen molar-refractivity contribution in [2.24, 2.45) is 0 Å². The fourth-order valence-electron chi connectivity index (χ4n) is 3.13. The largest absolute Gasteiger partial charge is 0.0622 e. The smallest absolute Gasteiger partial charge is 0.000764 e. The van der Waals surface area contributed by atoms with Crippen LogP contribution in [0.5, 0.6) is 0 Å². The van der Waals surface area contributed by atoms with Crippen molar-refractivity contribution in [3.05, 3.63) is 109 Å². The Morgan fingerprint density at radius 2 is 1.17 bits per heavy atom. The molecule has 0 N–H and O–H groups in total. The average molecular weight is 326 g/mol. The molecule has 116 valence electrons. The van der Waals surface area contributed by atoms with E-state index in [1.54, 1.807) is 0 Å². The molecule has 0 saturated carbocycles. The molecule has 0 nitrogen and oxygen atoms in total. The lowest BCUT2D eigenvalue weighted by molar-refractivity contribution is 1.40. The second-order valence-electron chi connectivity index (χ2n) is 5.91. The Morgan fingerprint density at radius 1 is 0.542 bits per heavy atom. The average Bonchev–Trinajstić information content (AvgIpc) is 2.67. The Morgan fingerprint density at radius 3 is 1.96 bits per heavy atom. The maximum absolute atomic E-state index is 2.31. The highest BCUT2D eigenvalue weighted by atomic mass is 31.1. The van der Waals surface area contributed by atoms with E-state index in [1.165, 1.54) is 26.9 Å². The van der Waals surface area contributed by atoms with Gasteiger partial charge in [0.1, 0.15) is 0 Å². The summed E-state index contributed by atoms with van der Waals surface area (Å²) >= 11 is 0. The van der Waals surface area contributed by atoms with Crippen LogP contribution in [0.25, 0.3) is 10.8 Å². The second-order valence-corrected chi connectivity index (χ2v) is 8.08. The zero-order valence-corrected chi connectivity index (χ0v) is 14.4. The third-order valence-electron chi connectivity index (χ3n) is 4.31. The van der Waals surface area contributed by atoms with Gasteiger partial charge in [-0.3, -0.25) is 0 Å². The molecule has 1 heteroatoms. The second kappa shape index (κ2) is 6.99. The Labute approximate surface area is 144 Å². The van der Waals surface area contributed by atoms with Gasteiger partial charge in [0.05, 0.1) is 0 Å². The minimum atomic E-state index is -0.427. The SMILES string of the molecule is c1ccc(CP(c2ccccc2)c2cccc3ccccc23)cc1. The summed E-state index contributed by atoms with van der Waals surface area (Å²) in [6.45, 7) is 0. The molecular formula is C23H19P. The van der Waals surface area contributed by atoms with Gasteiger partial charge in [-0.1, -0.05) is 103 Å². The highest BCUT2D eigenvalue weighted by Gasteiger charge is 2.16. The first-order chi connectivity index (χ1) is 11.9. The van der Waals surface area contributed by atoms with Crippen molar-refractivity contribution in [2.45, 2.75) is 6.16 Å². The van der Waals surface area contributed by atoms with Crippen molar-refractivity contribution in [2.75, 3.05) is 0 Å². The van der Waals surface area contributed by atoms with Crippen molar-refractivity contribution in [3.63, 3.8) is 0 Å². The van der Waals surface area contributed by atoms with Crippen LogP contribution in [0, 0.1) is 0 Å². The van der Waals surface area contributed by atoms with Gasteiger partial charge in [-0.05, 0) is 34.9 Å². The van der Waals surface area contributed by atoms with E-state index < -0.39 is 7.92 Å². The van der Waals surface area contributed by atoms with Gasteiger partial charge in [0, 0.05) is 6.16 Å². The molecule has 0 bridgehead atoms. The van der Waals surface area contributed by atoms with E-state index in [2.05, 4.69) is 103 Å². The molecule has 0 fully saturated rings. The summed E-state index contributed by atoms with van der Waals surface area (Å²) < 4.78 is 0. The first-order valence-electron chi connectivity index (χ1n) is 8.26. The lowest BCUT2D eigenvalue weighted by atomic mass is 10.1. The zero-order chi connectivity index (χ0) is 16.2. The van der Waals surface area contributed by atoms with E-state index >= 15 is 0 Å². The summed E-state index contributed by atoms with van der Waals surface area (Å²) in [7, 11) is -0.427. The molecular weight excluding hydrogens is 307 g/mol. The monoisotopic (exact) mass is 326 g/mol. The van der Waals surface area contributed by atoms with Crippen molar-refractivity contribution in [1.29, 1.82) is 0 Å². The van der Waals surface area contributed by atoms with Crippen molar-refractivity contribution >= 4 is 29.3 Å². The molecule has 4 rings (SSSR count). The van der Waals surface area contributed by atoms with Gasteiger partial charge in [0.15, 0.2) is 0 Å². The molecule has 4 aromatic carbocycles. The minimum Gasteiger partial charge on any atom is -0.0622 e. The first kappa shape index (κ1) is 15.1. The van der Waals surface area contributed by atoms with Crippen molar-refractivity contribution in [1.82, 2.24) is 0 Å². The van der Waals surface area contributed by atoms with Crippen LogP contribution in [-0.2, 0) is 6.16 Å². The van der Waals surface area contributed by atoms with Gasteiger partial charge in [0.25, 0.3) is 0 Å². The number of fused-ring (bicyclic) bond motifs is 1. The lowest BCUT2D eigenvalue weighted by Gasteiger charge is -2.21. The first-order valence-corrected chi connectivity index (χ1v) is 9.79.